The minimum Gasteiger partial charge on any atom is -0.487 e. The van der Waals surface area contributed by atoms with Crippen LogP contribution in [0.5, 0.6) is 23.0 Å². The quantitative estimate of drug-likeness (QED) is 0.101. The summed E-state index contributed by atoms with van der Waals surface area (Å²) in [5.74, 6) is 2.08. The van der Waals surface area contributed by atoms with Gasteiger partial charge in [-0.25, -0.2) is 0 Å². The highest BCUT2D eigenvalue weighted by atomic mass is 16.6. The van der Waals surface area contributed by atoms with Crippen LogP contribution in [-0.2, 0) is 22.7 Å². The second kappa shape index (κ2) is 17.2. The molecule has 8 nitrogen and oxygen atoms in total. The monoisotopic (exact) mass is 570 g/mol. The van der Waals surface area contributed by atoms with Crippen LogP contribution in [0.25, 0.3) is 0 Å². The summed E-state index contributed by atoms with van der Waals surface area (Å²) in [7, 11) is 0. The Morgan fingerprint density at radius 2 is 0.833 bits per heavy atom. The number of ether oxygens (including phenoxy) is 6. The van der Waals surface area contributed by atoms with Gasteiger partial charge in [0, 0.05) is 11.1 Å². The van der Waals surface area contributed by atoms with Crippen LogP contribution < -0.4 is 18.9 Å². The maximum atomic E-state index is 11.2. The predicted octanol–water partition coefficient (Wildman–Crippen LogP) is 5.96. The molecule has 0 atom stereocenters. The summed E-state index contributed by atoms with van der Waals surface area (Å²) in [6, 6.07) is 29.8. The molecule has 0 aliphatic rings. The van der Waals surface area contributed by atoms with Gasteiger partial charge in [-0.2, -0.15) is 0 Å². The summed E-state index contributed by atoms with van der Waals surface area (Å²) in [5, 5.41) is 0. The Labute approximate surface area is 245 Å². The molecule has 0 fully saturated rings. The topological polar surface area (TPSA) is 89.5 Å². The molecule has 0 amide bonds. The third-order valence-corrected chi connectivity index (χ3v) is 6.02. The van der Waals surface area contributed by atoms with E-state index in [0.717, 1.165) is 23.7 Å². The van der Waals surface area contributed by atoms with Gasteiger partial charge < -0.3 is 28.4 Å². The summed E-state index contributed by atoms with van der Waals surface area (Å²) >= 11 is 0. The fourth-order valence-corrected chi connectivity index (χ4v) is 3.87. The Balaban J connectivity index is 1.12. The highest BCUT2D eigenvalue weighted by Crippen LogP contribution is 2.30. The standard InChI is InChI=1S/C34H34O8/c35-23-29-11-13-31(41-25-27-7-3-1-4-8-27)33(21-29)39-19-17-37-15-16-38-18-20-40-34-22-30(24-36)12-14-32(34)42-26-28-9-5-2-6-10-28/h1-14,21-24H,15-20,25-26H2. The average molecular weight is 571 g/mol. The maximum absolute atomic E-state index is 11.2. The molecule has 42 heavy (non-hydrogen) atoms. The van der Waals surface area contributed by atoms with Gasteiger partial charge in [0.2, 0.25) is 0 Å². The average Bonchev–Trinajstić information content (AvgIpc) is 3.05. The van der Waals surface area contributed by atoms with Crippen LogP contribution in [0.3, 0.4) is 0 Å². The lowest BCUT2D eigenvalue weighted by atomic mass is 10.2. The van der Waals surface area contributed by atoms with Gasteiger partial charge in [0.05, 0.1) is 26.4 Å². The van der Waals surface area contributed by atoms with E-state index in [2.05, 4.69) is 0 Å². The Hall–Kier alpha value is -4.66. The zero-order chi connectivity index (χ0) is 29.2. The summed E-state index contributed by atoms with van der Waals surface area (Å²) in [6.07, 6.45) is 1.53. The maximum Gasteiger partial charge on any atom is 0.162 e. The molecule has 4 aromatic rings. The van der Waals surface area contributed by atoms with Crippen molar-refractivity contribution in [3.63, 3.8) is 0 Å². The first-order valence-corrected chi connectivity index (χ1v) is 13.7. The van der Waals surface area contributed by atoms with Gasteiger partial charge in [0.25, 0.3) is 0 Å². The number of carbonyl (C=O) groups excluding carboxylic acids is 2. The van der Waals surface area contributed by atoms with Crippen LogP contribution in [0.1, 0.15) is 31.8 Å². The van der Waals surface area contributed by atoms with Crippen molar-refractivity contribution >= 4 is 12.6 Å². The fraction of sp³-hybridized carbons (Fsp3) is 0.235. The van der Waals surface area contributed by atoms with Crippen LogP contribution >= 0.6 is 0 Å². The van der Waals surface area contributed by atoms with Crippen molar-refractivity contribution in [3.8, 4) is 23.0 Å². The third-order valence-electron chi connectivity index (χ3n) is 6.02. The summed E-state index contributed by atoms with van der Waals surface area (Å²) < 4.78 is 34.7. The molecule has 0 spiro atoms. The van der Waals surface area contributed by atoms with Crippen molar-refractivity contribution in [2.24, 2.45) is 0 Å². The molecule has 4 rings (SSSR count). The molecule has 0 N–H and O–H groups in total. The first-order valence-electron chi connectivity index (χ1n) is 13.7. The highest BCUT2D eigenvalue weighted by Gasteiger charge is 2.09. The molecule has 8 heteroatoms. The number of aldehydes is 2. The van der Waals surface area contributed by atoms with Gasteiger partial charge in [-0.05, 0) is 47.5 Å². The molecule has 0 radical (unpaired) electrons. The molecule has 0 aliphatic carbocycles. The number of carbonyl (C=O) groups is 2. The lowest BCUT2D eigenvalue weighted by Gasteiger charge is -2.14. The minimum absolute atomic E-state index is 0.284. The SMILES string of the molecule is O=Cc1ccc(OCc2ccccc2)c(OCCOCCOCCOc2cc(C=O)ccc2OCc2ccccc2)c1. The first-order chi connectivity index (χ1) is 20.7. The van der Waals surface area contributed by atoms with E-state index in [4.69, 9.17) is 28.4 Å². The number of hydrogen-bond donors (Lipinski definition) is 0. The van der Waals surface area contributed by atoms with Crippen LogP contribution in [0.15, 0.2) is 97.1 Å². The van der Waals surface area contributed by atoms with Crippen molar-refractivity contribution in [2.45, 2.75) is 13.2 Å². The molecular weight excluding hydrogens is 536 g/mol. The molecule has 0 aromatic heterocycles. The molecule has 0 heterocycles. The highest BCUT2D eigenvalue weighted by molar-refractivity contribution is 5.77. The van der Waals surface area contributed by atoms with E-state index in [-0.39, 0.29) is 13.2 Å². The molecular formula is C34H34O8. The van der Waals surface area contributed by atoms with Crippen LogP contribution in [-0.4, -0.2) is 52.2 Å². The summed E-state index contributed by atoms with van der Waals surface area (Å²) in [5.41, 5.74) is 3.06. The number of rotatable bonds is 19. The normalized spacial score (nSPS) is 10.6. The van der Waals surface area contributed by atoms with E-state index in [9.17, 15) is 9.59 Å². The van der Waals surface area contributed by atoms with E-state index < -0.39 is 0 Å². The molecule has 0 unspecified atom stereocenters. The Morgan fingerprint density at radius 3 is 1.24 bits per heavy atom. The fourth-order valence-electron chi connectivity index (χ4n) is 3.87. The largest absolute Gasteiger partial charge is 0.487 e. The van der Waals surface area contributed by atoms with E-state index in [1.54, 1.807) is 36.4 Å². The lowest BCUT2D eigenvalue weighted by molar-refractivity contribution is 0.0267. The molecule has 4 aromatic carbocycles. The van der Waals surface area contributed by atoms with Gasteiger partial charge in [-0.1, -0.05) is 60.7 Å². The molecule has 218 valence electrons. The van der Waals surface area contributed by atoms with Gasteiger partial charge in [0.15, 0.2) is 23.0 Å². The first kappa shape index (κ1) is 30.3. The van der Waals surface area contributed by atoms with Crippen LogP contribution in [0, 0.1) is 0 Å². The van der Waals surface area contributed by atoms with Crippen molar-refractivity contribution in [1.29, 1.82) is 0 Å². The van der Waals surface area contributed by atoms with E-state index in [0.29, 0.717) is 73.8 Å². The predicted molar refractivity (Wildman–Crippen MR) is 158 cm³/mol. The molecule has 0 saturated carbocycles. The Morgan fingerprint density at radius 1 is 0.429 bits per heavy atom. The smallest absolute Gasteiger partial charge is 0.162 e. The van der Waals surface area contributed by atoms with Gasteiger partial charge in [-0.3, -0.25) is 9.59 Å². The Bertz CT molecular complexity index is 1270. The Kier molecular flexibility index (Phi) is 12.4. The lowest BCUT2D eigenvalue weighted by Crippen LogP contribution is -2.14. The molecule has 0 aliphatic heterocycles. The number of benzene rings is 4. The summed E-state index contributed by atoms with van der Waals surface area (Å²) in [4.78, 5) is 22.4. The van der Waals surface area contributed by atoms with Crippen molar-refractivity contribution in [2.75, 3.05) is 39.6 Å². The van der Waals surface area contributed by atoms with E-state index >= 15 is 0 Å². The van der Waals surface area contributed by atoms with Gasteiger partial charge in [0.1, 0.15) is 39.0 Å². The van der Waals surface area contributed by atoms with Crippen LogP contribution in [0.4, 0.5) is 0 Å². The second-order valence-electron chi connectivity index (χ2n) is 9.12. The molecule has 0 saturated heterocycles. The number of hydrogen-bond acceptors (Lipinski definition) is 8. The zero-order valence-electron chi connectivity index (χ0n) is 23.3. The minimum atomic E-state index is 0.284. The van der Waals surface area contributed by atoms with Crippen molar-refractivity contribution in [1.82, 2.24) is 0 Å². The second-order valence-corrected chi connectivity index (χ2v) is 9.12. The molecule has 0 bridgehead atoms. The van der Waals surface area contributed by atoms with Crippen molar-refractivity contribution < 1.29 is 38.0 Å². The van der Waals surface area contributed by atoms with Gasteiger partial charge in [-0.15, -0.1) is 0 Å². The van der Waals surface area contributed by atoms with E-state index in [1.807, 2.05) is 60.7 Å². The van der Waals surface area contributed by atoms with Gasteiger partial charge >= 0.3 is 0 Å². The summed E-state index contributed by atoms with van der Waals surface area (Å²) in [6.45, 7) is 2.77. The third kappa shape index (κ3) is 10.1. The van der Waals surface area contributed by atoms with Crippen molar-refractivity contribution in [3.05, 3.63) is 119 Å². The zero-order valence-corrected chi connectivity index (χ0v) is 23.3. The van der Waals surface area contributed by atoms with E-state index in [1.165, 1.54) is 0 Å². The van der Waals surface area contributed by atoms with Crippen LogP contribution in [0.2, 0.25) is 0 Å².